The first-order valence-corrected chi connectivity index (χ1v) is 7.00. The standard InChI is InChI=1S/C15H17ClN2O3/c1-4-5-12-11(14(19)21-15(2,3)20-12)9-17-10-6-7-13(16)18-8-10/h5-9,17H,4H2,1-3H3/b11-9-,12-5+. The third-order valence-corrected chi connectivity index (χ3v) is 2.90. The molecular formula is C15H17ClN2O3. The molecule has 0 spiro atoms. The summed E-state index contributed by atoms with van der Waals surface area (Å²) in [6.45, 7) is 5.36. The Morgan fingerprint density at radius 2 is 2.14 bits per heavy atom. The van der Waals surface area contributed by atoms with Crippen LogP contribution >= 0.6 is 11.6 Å². The highest BCUT2D eigenvalue weighted by molar-refractivity contribution is 6.29. The van der Waals surface area contributed by atoms with Crippen molar-refractivity contribution < 1.29 is 14.3 Å². The highest BCUT2D eigenvalue weighted by atomic mass is 35.5. The van der Waals surface area contributed by atoms with E-state index in [1.54, 1.807) is 38.4 Å². The second-order valence-electron chi connectivity index (χ2n) is 4.94. The molecule has 0 aliphatic carbocycles. The van der Waals surface area contributed by atoms with Crippen molar-refractivity contribution in [2.45, 2.75) is 33.0 Å². The van der Waals surface area contributed by atoms with Crippen LogP contribution in [0.5, 0.6) is 0 Å². The van der Waals surface area contributed by atoms with Crippen molar-refractivity contribution in [3.05, 3.63) is 47.1 Å². The SMILES string of the molecule is CC/C=C1/OC(C)(C)OC(=O)/C1=C\Nc1ccc(Cl)nc1. The number of hydrogen-bond acceptors (Lipinski definition) is 5. The molecule has 1 aliphatic heterocycles. The maximum atomic E-state index is 12.1. The number of hydrogen-bond donors (Lipinski definition) is 1. The van der Waals surface area contributed by atoms with Crippen LogP contribution in [0.25, 0.3) is 0 Å². The Kier molecular flexibility index (Phi) is 4.53. The summed E-state index contributed by atoms with van der Waals surface area (Å²) >= 11 is 5.72. The molecule has 0 saturated carbocycles. The summed E-state index contributed by atoms with van der Waals surface area (Å²) in [6, 6.07) is 3.42. The Balaban J connectivity index is 2.22. The van der Waals surface area contributed by atoms with E-state index in [1.807, 2.05) is 13.0 Å². The van der Waals surface area contributed by atoms with Crippen LogP contribution in [0.4, 0.5) is 5.69 Å². The van der Waals surface area contributed by atoms with Crippen molar-refractivity contribution in [1.82, 2.24) is 4.98 Å². The molecule has 2 rings (SSSR count). The number of pyridine rings is 1. The highest BCUT2D eigenvalue weighted by Gasteiger charge is 2.36. The average molecular weight is 309 g/mol. The first kappa shape index (κ1) is 15.4. The molecule has 2 heterocycles. The summed E-state index contributed by atoms with van der Waals surface area (Å²) < 4.78 is 10.9. The smallest absolute Gasteiger partial charge is 0.346 e. The zero-order chi connectivity index (χ0) is 15.5. The minimum absolute atomic E-state index is 0.339. The number of carbonyl (C=O) groups is 1. The lowest BCUT2D eigenvalue weighted by Gasteiger charge is -2.33. The van der Waals surface area contributed by atoms with E-state index in [0.717, 1.165) is 6.42 Å². The van der Waals surface area contributed by atoms with Gasteiger partial charge in [-0.25, -0.2) is 9.78 Å². The number of carbonyl (C=O) groups excluding carboxylic acids is 1. The molecule has 1 saturated heterocycles. The van der Waals surface area contributed by atoms with Gasteiger partial charge in [-0.3, -0.25) is 0 Å². The van der Waals surface area contributed by atoms with Gasteiger partial charge in [0.25, 0.3) is 0 Å². The van der Waals surface area contributed by atoms with E-state index in [2.05, 4.69) is 10.3 Å². The van der Waals surface area contributed by atoms with Crippen molar-refractivity contribution in [2.75, 3.05) is 5.32 Å². The van der Waals surface area contributed by atoms with Crippen LogP contribution in [0.3, 0.4) is 0 Å². The van der Waals surface area contributed by atoms with Crippen LogP contribution in [0.1, 0.15) is 27.2 Å². The Hall–Kier alpha value is -2.01. The summed E-state index contributed by atoms with van der Waals surface area (Å²) in [4.78, 5) is 16.0. The van der Waals surface area contributed by atoms with E-state index in [1.165, 1.54) is 0 Å². The molecule has 0 unspecified atom stereocenters. The molecule has 0 aromatic carbocycles. The quantitative estimate of drug-likeness (QED) is 0.525. The molecule has 112 valence electrons. The number of ether oxygens (including phenoxy) is 2. The second-order valence-corrected chi connectivity index (χ2v) is 5.33. The fraction of sp³-hybridized carbons (Fsp3) is 0.333. The van der Waals surface area contributed by atoms with E-state index in [4.69, 9.17) is 21.1 Å². The number of allylic oxidation sites excluding steroid dienone is 1. The van der Waals surface area contributed by atoms with Crippen LogP contribution in [-0.2, 0) is 14.3 Å². The number of cyclic esters (lactones) is 1. The minimum atomic E-state index is -0.961. The molecule has 0 bridgehead atoms. The molecule has 6 heteroatoms. The van der Waals surface area contributed by atoms with Crippen LogP contribution in [-0.4, -0.2) is 16.7 Å². The van der Waals surface area contributed by atoms with Gasteiger partial charge in [0.2, 0.25) is 5.79 Å². The van der Waals surface area contributed by atoms with Crippen LogP contribution in [0.2, 0.25) is 5.15 Å². The average Bonchev–Trinajstić information content (AvgIpc) is 2.39. The van der Waals surface area contributed by atoms with Gasteiger partial charge in [0.1, 0.15) is 16.5 Å². The van der Waals surface area contributed by atoms with Crippen molar-refractivity contribution in [3.8, 4) is 0 Å². The van der Waals surface area contributed by atoms with Gasteiger partial charge in [-0.1, -0.05) is 18.5 Å². The van der Waals surface area contributed by atoms with E-state index >= 15 is 0 Å². The lowest BCUT2D eigenvalue weighted by Crippen LogP contribution is -2.37. The molecule has 0 radical (unpaired) electrons. The highest BCUT2D eigenvalue weighted by Crippen LogP contribution is 2.30. The molecular weight excluding hydrogens is 292 g/mol. The largest absolute Gasteiger partial charge is 0.452 e. The fourth-order valence-corrected chi connectivity index (χ4v) is 1.91. The molecule has 1 N–H and O–H groups in total. The summed E-state index contributed by atoms with van der Waals surface area (Å²) in [5, 5.41) is 3.39. The van der Waals surface area contributed by atoms with Gasteiger partial charge in [-0.05, 0) is 24.6 Å². The van der Waals surface area contributed by atoms with Crippen molar-refractivity contribution in [3.63, 3.8) is 0 Å². The Bertz CT molecular complexity index is 591. The minimum Gasteiger partial charge on any atom is -0.452 e. The number of esters is 1. The number of nitrogens with zero attached hydrogens (tertiary/aromatic N) is 1. The van der Waals surface area contributed by atoms with Gasteiger partial charge in [0, 0.05) is 20.0 Å². The van der Waals surface area contributed by atoms with Crippen LogP contribution < -0.4 is 5.32 Å². The number of halogens is 1. The first-order valence-electron chi connectivity index (χ1n) is 6.62. The zero-order valence-corrected chi connectivity index (χ0v) is 12.9. The lowest BCUT2D eigenvalue weighted by atomic mass is 10.1. The maximum absolute atomic E-state index is 12.1. The summed E-state index contributed by atoms with van der Waals surface area (Å²) in [6.07, 6.45) is 5.71. The molecule has 1 aromatic rings. The van der Waals surface area contributed by atoms with Gasteiger partial charge >= 0.3 is 5.97 Å². The van der Waals surface area contributed by atoms with Gasteiger partial charge in [0.05, 0.1) is 11.9 Å². The maximum Gasteiger partial charge on any atom is 0.346 e. The zero-order valence-electron chi connectivity index (χ0n) is 12.1. The van der Waals surface area contributed by atoms with Gasteiger partial charge in [0.15, 0.2) is 0 Å². The molecule has 5 nitrogen and oxygen atoms in total. The van der Waals surface area contributed by atoms with Crippen molar-refractivity contribution in [2.24, 2.45) is 0 Å². The monoisotopic (exact) mass is 308 g/mol. The van der Waals surface area contributed by atoms with Crippen LogP contribution in [0, 0.1) is 0 Å². The number of rotatable bonds is 3. The molecule has 0 atom stereocenters. The summed E-state index contributed by atoms with van der Waals surface area (Å²) in [5.41, 5.74) is 1.05. The predicted octanol–water partition coefficient (Wildman–Crippen LogP) is 3.63. The summed E-state index contributed by atoms with van der Waals surface area (Å²) in [5.74, 6) is -0.884. The first-order chi connectivity index (χ1) is 9.91. The Labute approximate surface area is 128 Å². The van der Waals surface area contributed by atoms with Gasteiger partial charge in [-0.2, -0.15) is 0 Å². The Morgan fingerprint density at radius 1 is 1.38 bits per heavy atom. The third kappa shape index (κ3) is 3.98. The van der Waals surface area contributed by atoms with E-state index in [9.17, 15) is 4.79 Å². The topological polar surface area (TPSA) is 60.5 Å². The molecule has 0 amide bonds. The normalized spacial score (nSPS) is 21.0. The van der Waals surface area contributed by atoms with E-state index < -0.39 is 11.8 Å². The molecule has 1 aliphatic rings. The lowest BCUT2D eigenvalue weighted by molar-refractivity contribution is -0.208. The summed E-state index contributed by atoms with van der Waals surface area (Å²) in [7, 11) is 0. The van der Waals surface area contributed by atoms with Crippen molar-refractivity contribution >= 4 is 23.3 Å². The van der Waals surface area contributed by atoms with Crippen LogP contribution in [0.15, 0.2) is 41.9 Å². The Morgan fingerprint density at radius 3 is 2.76 bits per heavy atom. The predicted molar refractivity (Wildman–Crippen MR) is 80.6 cm³/mol. The van der Waals surface area contributed by atoms with E-state index in [-0.39, 0.29) is 0 Å². The molecule has 1 aromatic heterocycles. The molecule has 1 fully saturated rings. The van der Waals surface area contributed by atoms with Crippen molar-refractivity contribution in [1.29, 1.82) is 0 Å². The number of nitrogens with one attached hydrogen (secondary N) is 1. The number of anilines is 1. The fourth-order valence-electron chi connectivity index (χ4n) is 1.80. The molecule has 21 heavy (non-hydrogen) atoms. The third-order valence-electron chi connectivity index (χ3n) is 2.68. The number of aromatic nitrogens is 1. The van der Waals surface area contributed by atoms with Gasteiger partial charge < -0.3 is 14.8 Å². The second kappa shape index (κ2) is 6.18. The van der Waals surface area contributed by atoms with E-state index in [0.29, 0.717) is 22.2 Å². The van der Waals surface area contributed by atoms with Gasteiger partial charge in [-0.15, -0.1) is 0 Å².